The predicted molar refractivity (Wildman–Crippen MR) is 163 cm³/mol. The number of aliphatic hydroxyl groups excluding tert-OH is 2. The quantitative estimate of drug-likeness (QED) is 0.320. The fraction of sp³-hybridized carbons (Fsp3) is 0.472. The largest absolute Gasteiger partial charge is 0.432 e. The Kier molecular flexibility index (Phi) is 9.96. The van der Waals surface area contributed by atoms with Crippen molar-refractivity contribution in [3.8, 4) is 0 Å². The zero-order chi connectivity index (χ0) is 31.4. The number of hydrogen-bond donors (Lipinski definition) is 2. The summed E-state index contributed by atoms with van der Waals surface area (Å²) in [5, 5.41) is 22.9. The van der Waals surface area contributed by atoms with Crippen molar-refractivity contribution in [1.82, 2.24) is 0 Å². The second kappa shape index (κ2) is 14.1. The minimum atomic E-state index is -1.29. The van der Waals surface area contributed by atoms with Crippen molar-refractivity contribution in [2.75, 3.05) is 6.61 Å². The lowest BCUT2D eigenvalue weighted by Crippen LogP contribution is -2.58. The van der Waals surface area contributed by atoms with Gasteiger partial charge in [0.05, 0.1) is 56.8 Å². The Morgan fingerprint density at radius 1 is 0.756 bits per heavy atom. The molecule has 0 amide bonds. The fourth-order valence-electron chi connectivity index (χ4n) is 6.79. The minimum Gasteiger partial charge on any atom is -0.432 e. The van der Waals surface area contributed by atoms with Crippen molar-refractivity contribution >= 4 is 5.97 Å². The molecule has 3 aliphatic rings. The highest BCUT2D eigenvalue weighted by molar-refractivity contribution is 5.74. The first kappa shape index (κ1) is 31.8. The van der Waals surface area contributed by atoms with Crippen LogP contribution in [0, 0.1) is 17.8 Å². The molecule has 45 heavy (non-hydrogen) atoms. The van der Waals surface area contributed by atoms with Crippen LogP contribution in [0.25, 0.3) is 0 Å². The molecule has 2 heterocycles. The third kappa shape index (κ3) is 7.47. The molecule has 9 atom stereocenters. The molecule has 9 heteroatoms. The van der Waals surface area contributed by atoms with Gasteiger partial charge in [0, 0.05) is 11.8 Å². The molecule has 2 saturated heterocycles. The van der Waals surface area contributed by atoms with Crippen molar-refractivity contribution in [3.05, 3.63) is 108 Å². The van der Waals surface area contributed by atoms with E-state index in [2.05, 4.69) is 0 Å². The molecule has 6 rings (SSSR count). The zero-order valence-corrected chi connectivity index (χ0v) is 25.6. The van der Waals surface area contributed by atoms with E-state index in [1.165, 1.54) is 0 Å². The Labute approximate surface area is 264 Å². The van der Waals surface area contributed by atoms with Gasteiger partial charge in [-0.1, -0.05) is 91.0 Å². The number of rotatable bonds is 10. The first-order valence-electron chi connectivity index (χ1n) is 15.6. The van der Waals surface area contributed by atoms with E-state index in [-0.39, 0.29) is 32.8 Å². The van der Waals surface area contributed by atoms with Gasteiger partial charge in [-0.3, -0.25) is 4.79 Å². The van der Waals surface area contributed by atoms with E-state index in [1.807, 2.05) is 105 Å². The monoisotopic (exact) mass is 618 g/mol. The highest BCUT2D eigenvalue weighted by Gasteiger charge is 2.60. The van der Waals surface area contributed by atoms with Crippen LogP contribution in [-0.2, 0) is 53.0 Å². The van der Waals surface area contributed by atoms with E-state index >= 15 is 0 Å². The Morgan fingerprint density at radius 2 is 1.27 bits per heavy atom. The molecule has 9 nitrogen and oxygen atoms in total. The molecule has 3 aromatic carbocycles. The second-order valence-corrected chi connectivity index (χ2v) is 12.6. The van der Waals surface area contributed by atoms with Gasteiger partial charge in [-0.2, -0.15) is 0 Å². The van der Waals surface area contributed by atoms with Crippen LogP contribution >= 0.6 is 0 Å². The Morgan fingerprint density at radius 3 is 1.78 bits per heavy atom. The third-order valence-corrected chi connectivity index (χ3v) is 8.99. The topological polar surface area (TPSA) is 113 Å². The maximum absolute atomic E-state index is 14.2. The van der Waals surface area contributed by atoms with Gasteiger partial charge in [0.15, 0.2) is 5.79 Å². The summed E-state index contributed by atoms with van der Waals surface area (Å²) < 4.78 is 37.7. The van der Waals surface area contributed by atoms with Crippen molar-refractivity contribution < 1.29 is 43.4 Å². The first-order valence-corrected chi connectivity index (χ1v) is 15.6. The van der Waals surface area contributed by atoms with E-state index in [0.717, 1.165) is 16.7 Å². The highest BCUT2D eigenvalue weighted by atomic mass is 16.7. The van der Waals surface area contributed by atoms with E-state index in [1.54, 1.807) is 0 Å². The van der Waals surface area contributed by atoms with Crippen LogP contribution in [-0.4, -0.2) is 65.4 Å². The van der Waals surface area contributed by atoms with Crippen molar-refractivity contribution in [2.24, 2.45) is 17.8 Å². The minimum absolute atomic E-state index is 0.137. The lowest BCUT2D eigenvalue weighted by Gasteiger charge is -2.46. The number of hydrogen-bond acceptors (Lipinski definition) is 9. The summed E-state index contributed by atoms with van der Waals surface area (Å²) in [6.07, 6.45) is -5.76. The standard InChI is InChI=1S/C36H42O9/c1-36(2)43-22-28(45-36)26-18-27(37)31(38)30-29(26)34(39)44-35(42-21-25-16-10-5-11-17-25)33(41-20-24-14-8-4-9-15-24)32(30)40-19-23-12-6-3-7-13-23/h3-17,26-33,35,37-38H,18-22H2,1-2H3/t26-,27-,28-,29-,30-,31-,32-,33+,35+/m1/s1. The van der Waals surface area contributed by atoms with Gasteiger partial charge in [0.2, 0.25) is 6.29 Å². The van der Waals surface area contributed by atoms with Crippen molar-refractivity contribution in [2.45, 2.75) is 82.7 Å². The van der Waals surface area contributed by atoms with Crippen LogP contribution in [0.1, 0.15) is 37.0 Å². The van der Waals surface area contributed by atoms with Crippen LogP contribution < -0.4 is 0 Å². The summed E-state index contributed by atoms with van der Waals surface area (Å²) in [6.45, 7) is 4.41. The lowest BCUT2D eigenvalue weighted by molar-refractivity contribution is -0.238. The smallest absolute Gasteiger partial charge is 0.312 e. The molecule has 0 spiro atoms. The first-order chi connectivity index (χ1) is 21.8. The summed E-state index contributed by atoms with van der Waals surface area (Å²) in [4.78, 5) is 14.2. The van der Waals surface area contributed by atoms with Gasteiger partial charge in [-0.05, 0) is 37.0 Å². The number of carbonyl (C=O) groups excluding carboxylic acids is 1. The summed E-state index contributed by atoms with van der Waals surface area (Å²) in [5.41, 5.74) is 2.71. The SMILES string of the molecule is CC1(C)OC[C@H]([C@H]2C[C@@H](O)[C@@H](O)[C@@H]3[C@@H](OCc4ccccc4)[C@H](OCc4ccccc4)[C@@H](OCc4ccccc4)OC(=O)[C@H]23)O1. The van der Waals surface area contributed by atoms with E-state index < -0.39 is 66.3 Å². The molecule has 240 valence electrons. The second-order valence-electron chi connectivity index (χ2n) is 12.6. The molecule has 3 fully saturated rings. The van der Waals surface area contributed by atoms with Crippen LogP contribution in [0.2, 0.25) is 0 Å². The molecule has 0 unspecified atom stereocenters. The number of ether oxygens (including phenoxy) is 6. The van der Waals surface area contributed by atoms with Crippen LogP contribution in [0.3, 0.4) is 0 Å². The summed E-state index contributed by atoms with van der Waals surface area (Å²) in [5.74, 6) is -3.66. The zero-order valence-electron chi connectivity index (χ0n) is 25.6. The number of esters is 1. The van der Waals surface area contributed by atoms with E-state index in [4.69, 9.17) is 28.4 Å². The maximum Gasteiger partial charge on any atom is 0.312 e. The third-order valence-electron chi connectivity index (χ3n) is 8.99. The van der Waals surface area contributed by atoms with E-state index in [0.29, 0.717) is 0 Å². The summed E-state index contributed by atoms with van der Waals surface area (Å²) in [7, 11) is 0. The fourth-order valence-corrected chi connectivity index (χ4v) is 6.79. The van der Waals surface area contributed by atoms with Gasteiger partial charge in [-0.25, -0.2) is 0 Å². The van der Waals surface area contributed by atoms with Crippen molar-refractivity contribution in [3.63, 3.8) is 0 Å². The molecule has 0 radical (unpaired) electrons. The number of benzene rings is 3. The molecular weight excluding hydrogens is 576 g/mol. The van der Waals surface area contributed by atoms with Crippen LogP contribution in [0.4, 0.5) is 0 Å². The summed E-state index contributed by atoms with van der Waals surface area (Å²) in [6, 6.07) is 28.9. The average Bonchev–Trinajstić information content (AvgIpc) is 3.37. The van der Waals surface area contributed by atoms with E-state index in [9.17, 15) is 15.0 Å². The molecule has 1 aliphatic carbocycles. The molecule has 2 N–H and O–H groups in total. The van der Waals surface area contributed by atoms with Gasteiger partial charge < -0.3 is 38.6 Å². The Bertz CT molecular complexity index is 1370. The average molecular weight is 619 g/mol. The molecule has 0 aromatic heterocycles. The number of fused-ring (bicyclic) bond motifs is 1. The Hall–Kier alpha value is -3.15. The highest BCUT2D eigenvalue weighted by Crippen LogP contribution is 2.47. The Balaban J connectivity index is 1.38. The normalized spacial score (nSPS) is 32.8. The molecule has 2 aliphatic heterocycles. The van der Waals surface area contributed by atoms with Gasteiger partial charge >= 0.3 is 5.97 Å². The molecule has 0 bridgehead atoms. The molecule has 1 saturated carbocycles. The summed E-state index contributed by atoms with van der Waals surface area (Å²) >= 11 is 0. The number of cyclic esters (lactones) is 1. The molecular formula is C36H42O9. The lowest BCUT2D eigenvalue weighted by atomic mass is 9.65. The predicted octanol–water partition coefficient (Wildman–Crippen LogP) is 4.38. The maximum atomic E-state index is 14.2. The van der Waals surface area contributed by atoms with Gasteiger partial charge in [0.25, 0.3) is 0 Å². The molecule has 3 aromatic rings. The van der Waals surface area contributed by atoms with Crippen molar-refractivity contribution in [1.29, 1.82) is 0 Å². The van der Waals surface area contributed by atoms with Gasteiger partial charge in [-0.15, -0.1) is 0 Å². The van der Waals surface area contributed by atoms with Crippen LogP contribution in [0.5, 0.6) is 0 Å². The van der Waals surface area contributed by atoms with Gasteiger partial charge in [0.1, 0.15) is 6.10 Å². The van der Waals surface area contributed by atoms with Crippen LogP contribution in [0.15, 0.2) is 91.0 Å². The number of carbonyl (C=O) groups is 1. The number of aliphatic hydroxyl groups is 2.